The summed E-state index contributed by atoms with van der Waals surface area (Å²) in [6.07, 6.45) is -10.9. The summed E-state index contributed by atoms with van der Waals surface area (Å²) in [5, 5.41) is 18.4. The van der Waals surface area contributed by atoms with E-state index in [2.05, 4.69) is 0 Å². The van der Waals surface area contributed by atoms with E-state index in [-0.39, 0.29) is 66.2 Å². The summed E-state index contributed by atoms with van der Waals surface area (Å²) in [7, 11) is -4.51. The Balaban J connectivity index is 0.00000154. The fourth-order valence-corrected chi connectivity index (χ4v) is 9.65. The van der Waals surface area contributed by atoms with Crippen LogP contribution in [0.15, 0.2) is 41.3 Å². The van der Waals surface area contributed by atoms with Crippen LogP contribution in [0.25, 0.3) is 0 Å². The molecule has 46 heavy (non-hydrogen) atoms. The summed E-state index contributed by atoms with van der Waals surface area (Å²) < 4.78 is 124. The molecule has 2 aromatic rings. The molecule has 2 aromatic carbocycles. The molecular weight excluding hydrogens is 671 g/mol. The molecule has 0 radical (unpaired) electrons. The van der Waals surface area contributed by atoms with E-state index in [9.17, 15) is 44.7 Å². The van der Waals surface area contributed by atoms with E-state index in [4.69, 9.17) is 21.5 Å². The summed E-state index contributed by atoms with van der Waals surface area (Å²) in [6.45, 7) is 1.19. The van der Waals surface area contributed by atoms with Crippen molar-refractivity contribution in [2.75, 3.05) is 6.54 Å². The van der Waals surface area contributed by atoms with Crippen LogP contribution in [0, 0.1) is 6.92 Å². The van der Waals surface area contributed by atoms with Gasteiger partial charge in [0.2, 0.25) is 0 Å². The first-order valence-electron chi connectivity index (χ1n) is 14.3. The van der Waals surface area contributed by atoms with Crippen LogP contribution in [0.5, 0.6) is 0 Å². The van der Waals surface area contributed by atoms with Crippen molar-refractivity contribution in [3.05, 3.63) is 63.7 Å². The fraction of sp³-hybridized carbons (Fsp3) is 0.533. The van der Waals surface area contributed by atoms with Gasteiger partial charge >= 0.3 is 18.0 Å². The van der Waals surface area contributed by atoms with Gasteiger partial charge in [0, 0.05) is 17.1 Å². The number of carboxylic acid groups (broad SMARTS) is 1. The van der Waals surface area contributed by atoms with Crippen LogP contribution in [0.3, 0.4) is 0 Å². The molecule has 1 saturated heterocycles. The van der Waals surface area contributed by atoms with Gasteiger partial charge in [-0.1, -0.05) is 49.1 Å². The summed E-state index contributed by atoms with van der Waals surface area (Å²) in [6, 6.07) is 4.40. The van der Waals surface area contributed by atoms with Gasteiger partial charge < -0.3 is 15.1 Å². The summed E-state index contributed by atoms with van der Waals surface area (Å²) in [4.78, 5) is 23.2. The number of carbonyl (C=O) groups is 2. The van der Waals surface area contributed by atoms with Crippen molar-refractivity contribution >= 4 is 33.8 Å². The zero-order valence-electron chi connectivity index (χ0n) is 24.4. The summed E-state index contributed by atoms with van der Waals surface area (Å²) >= 11 is 6.11. The minimum Gasteiger partial charge on any atom is -0.483 e. The number of rotatable bonds is 4. The number of halogens is 8. The first-order chi connectivity index (χ1) is 21.2. The molecule has 254 valence electrons. The highest BCUT2D eigenvalue weighted by atomic mass is 35.5. The van der Waals surface area contributed by atoms with Crippen molar-refractivity contribution in [3.63, 3.8) is 0 Å². The maximum Gasteiger partial charge on any atom is 0.435 e. The lowest BCUT2D eigenvalue weighted by Gasteiger charge is -2.44. The van der Waals surface area contributed by atoms with E-state index in [0.717, 1.165) is 12.5 Å². The Morgan fingerprint density at radius 1 is 0.978 bits per heavy atom. The maximum absolute atomic E-state index is 15.0. The highest BCUT2D eigenvalue weighted by Crippen LogP contribution is 2.57. The van der Waals surface area contributed by atoms with Crippen LogP contribution in [-0.4, -0.2) is 66.5 Å². The normalized spacial score (nSPS) is 23.1. The molecule has 2 atom stereocenters. The monoisotopic (exact) mass is 701 g/mol. The number of carbonyl (C=O) groups excluding carboxylic acids is 1. The molecule has 0 spiro atoms. The van der Waals surface area contributed by atoms with Gasteiger partial charge in [-0.2, -0.15) is 26.3 Å². The van der Waals surface area contributed by atoms with E-state index in [1.54, 1.807) is 6.92 Å². The van der Waals surface area contributed by atoms with E-state index >= 15 is 4.39 Å². The van der Waals surface area contributed by atoms with Crippen LogP contribution in [0.4, 0.5) is 30.7 Å². The molecular formula is C30H31ClF7NO6S. The maximum atomic E-state index is 15.0. The Morgan fingerprint density at radius 2 is 1.57 bits per heavy atom. The van der Waals surface area contributed by atoms with Gasteiger partial charge in [-0.25, -0.2) is 12.8 Å². The zero-order valence-corrected chi connectivity index (χ0v) is 26.0. The number of hydrogen-bond acceptors (Lipinski definition) is 5. The molecule has 7 nitrogen and oxygen atoms in total. The molecule has 0 bridgehead atoms. The number of amides is 1. The number of aliphatic hydroxyl groups is 1. The van der Waals surface area contributed by atoms with Crippen molar-refractivity contribution in [2.24, 2.45) is 0 Å². The Kier molecular flexibility index (Phi) is 9.59. The quantitative estimate of drug-likeness (QED) is 0.276. The summed E-state index contributed by atoms with van der Waals surface area (Å²) in [5.74, 6) is -0.654. The van der Waals surface area contributed by atoms with Gasteiger partial charge in [0.05, 0.1) is 10.9 Å². The number of nitrogens with zero attached hydrogens (tertiary/aromatic N) is 1. The van der Waals surface area contributed by atoms with Gasteiger partial charge in [-0.05, 0) is 73.9 Å². The Labute approximate surface area is 265 Å². The molecule has 2 fully saturated rings. The molecule has 2 N–H and O–H groups in total. The number of fused-ring (bicyclic) bond motifs is 3. The third-order valence-electron chi connectivity index (χ3n) is 9.32. The largest absolute Gasteiger partial charge is 0.483 e. The van der Waals surface area contributed by atoms with Crippen LogP contribution >= 0.6 is 11.6 Å². The minimum atomic E-state index is -6.34. The van der Waals surface area contributed by atoms with E-state index in [1.165, 1.54) is 23.1 Å². The molecule has 2 aliphatic carbocycles. The number of aryl methyl sites for hydroxylation is 2. The van der Waals surface area contributed by atoms with E-state index in [1.807, 2.05) is 0 Å². The molecule has 5 rings (SSSR count). The topological polar surface area (TPSA) is 112 Å². The average molecular weight is 702 g/mol. The van der Waals surface area contributed by atoms with Gasteiger partial charge in [0.1, 0.15) is 10.3 Å². The van der Waals surface area contributed by atoms with Crippen LogP contribution in [0.2, 0.25) is 5.02 Å². The number of likely N-dealkylation sites (tertiary alicyclic amines) is 1. The predicted octanol–water partition coefficient (Wildman–Crippen LogP) is 6.55. The van der Waals surface area contributed by atoms with Crippen LogP contribution in [-0.2, 0) is 36.3 Å². The first-order valence-corrected chi connectivity index (χ1v) is 16.2. The second-order valence-electron chi connectivity index (χ2n) is 11.8. The van der Waals surface area contributed by atoms with Crippen LogP contribution in [0.1, 0.15) is 67.2 Å². The van der Waals surface area contributed by atoms with Gasteiger partial charge in [0.15, 0.2) is 9.84 Å². The SMILES string of the molecule is Cc1cc(S(=O)(=O)C23CCN(C(=O)C4(O)CCCCC4)C2CCc2cc(C(F)(C(F)(F)F)C(F)(F)F)ccc23)ccc1Cl.O=CO. The van der Waals surface area contributed by atoms with Gasteiger partial charge in [-0.15, -0.1) is 0 Å². The Morgan fingerprint density at radius 3 is 2.11 bits per heavy atom. The highest BCUT2D eigenvalue weighted by molar-refractivity contribution is 7.92. The lowest BCUT2D eigenvalue weighted by molar-refractivity contribution is -0.348. The summed E-state index contributed by atoms with van der Waals surface area (Å²) in [5.41, 5.74) is -8.99. The third-order valence-corrected chi connectivity index (χ3v) is 12.3. The lowest BCUT2D eigenvalue weighted by atomic mass is 9.76. The van der Waals surface area contributed by atoms with Crippen LogP contribution < -0.4 is 0 Å². The molecule has 1 amide bonds. The van der Waals surface area contributed by atoms with Gasteiger partial charge in [0.25, 0.3) is 12.4 Å². The van der Waals surface area contributed by atoms with Crippen molar-refractivity contribution in [1.29, 1.82) is 0 Å². The van der Waals surface area contributed by atoms with Crippen molar-refractivity contribution in [1.82, 2.24) is 4.90 Å². The molecule has 16 heteroatoms. The zero-order chi connectivity index (χ0) is 34.5. The highest BCUT2D eigenvalue weighted by Gasteiger charge is 2.74. The molecule has 3 aliphatic rings. The second-order valence-corrected chi connectivity index (χ2v) is 14.4. The van der Waals surface area contributed by atoms with Gasteiger partial charge in [-0.3, -0.25) is 9.59 Å². The van der Waals surface area contributed by atoms with Crippen molar-refractivity contribution < 1.29 is 59.0 Å². The van der Waals surface area contributed by atoms with Crippen molar-refractivity contribution in [3.8, 4) is 0 Å². The molecule has 0 aromatic heterocycles. The average Bonchev–Trinajstić information content (AvgIpc) is 3.38. The smallest absolute Gasteiger partial charge is 0.435 e. The number of hydrogen-bond donors (Lipinski definition) is 2. The molecule has 1 saturated carbocycles. The first kappa shape index (κ1) is 35.9. The number of benzene rings is 2. The fourth-order valence-electron chi connectivity index (χ4n) is 7.09. The molecule has 1 heterocycles. The number of alkyl halides is 7. The molecule has 1 aliphatic heterocycles. The second kappa shape index (κ2) is 12.3. The van der Waals surface area contributed by atoms with E-state index < -0.39 is 55.7 Å². The molecule has 2 unspecified atom stereocenters. The standard InChI is InChI=1S/C29H29ClF7NO4S.CH2O2/c1-17-15-20(7-9-22(17)30)43(41,42)26-13-14-38(24(39)25(40)11-3-2-4-12-25)23(26)10-5-18-16-19(6-8-21(18)26)27(31,28(32,33)34)29(35,36)37;2-1-3/h6-9,15-16,23,40H,2-5,10-14H2,1H3;1H,(H,2,3). The Hall–Kier alpha value is -2.91. The predicted molar refractivity (Wildman–Crippen MR) is 152 cm³/mol. The number of sulfone groups is 1. The lowest BCUT2D eigenvalue weighted by Crippen LogP contribution is -2.57. The Bertz CT molecular complexity index is 1590. The van der Waals surface area contributed by atoms with Crippen molar-refractivity contribution in [2.45, 2.75) is 97.6 Å². The van der Waals surface area contributed by atoms with E-state index in [0.29, 0.717) is 30.5 Å². The minimum absolute atomic E-state index is 0.0993. The third kappa shape index (κ3) is 5.55.